The Kier molecular flexibility index (Phi) is 6.63. The maximum atomic E-state index is 6.10. The maximum Gasteiger partial charge on any atom is 0.0595 e. The summed E-state index contributed by atoms with van der Waals surface area (Å²) in [6, 6.07) is 6.29. The SMILES string of the molecule is CCC(NCCCN1CCCC1)c1ccc(Cl)c(Cl)c1. The highest BCUT2D eigenvalue weighted by Crippen LogP contribution is 2.26. The molecule has 2 nitrogen and oxygen atoms in total. The largest absolute Gasteiger partial charge is 0.310 e. The molecular formula is C16H24Cl2N2. The zero-order valence-corrected chi connectivity index (χ0v) is 13.7. The van der Waals surface area contributed by atoms with Gasteiger partial charge < -0.3 is 10.2 Å². The van der Waals surface area contributed by atoms with Crippen molar-refractivity contribution in [3.63, 3.8) is 0 Å². The molecule has 112 valence electrons. The molecule has 1 saturated heterocycles. The second kappa shape index (κ2) is 8.23. The summed E-state index contributed by atoms with van der Waals surface area (Å²) < 4.78 is 0. The van der Waals surface area contributed by atoms with Crippen LogP contribution in [0, 0.1) is 0 Å². The van der Waals surface area contributed by atoms with E-state index in [1.54, 1.807) is 0 Å². The van der Waals surface area contributed by atoms with Crippen LogP contribution in [-0.4, -0.2) is 31.1 Å². The molecule has 1 fully saturated rings. The number of benzene rings is 1. The molecule has 0 amide bonds. The highest BCUT2D eigenvalue weighted by atomic mass is 35.5. The number of hydrogen-bond acceptors (Lipinski definition) is 2. The number of rotatable bonds is 7. The van der Waals surface area contributed by atoms with Crippen molar-refractivity contribution in [1.29, 1.82) is 0 Å². The molecule has 0 aliphatic carbocycles. The third-order valence-electron chi connectivity index (χ3n) is 3.99. The monoisotopic (exact) mass is 314 g/mol. The van der Waals surface area contributed by atoms with Gasteiger partial charge in [-0.15, -0.1) is 0 Å². The van der Waals surface area contributed by atoms with Crippen LogP contribution in [0.15, 0.2) is 18.2 Å². The number of hydrogen-bond donors (Lipinski definition) is 1. The van der Waals surface area contributed by atoms with E-state index < -0.39 is 0 Å². The molecule has 0 saturated carbocycles. The van der Waals surface area contributed by atoms with E-state index in [1.165, 1.54) is 44.5 Å². The van der Waals surface area contributed by atoms with E-state index >= 15 is 0 Å². The van der Waals surface area contributed by atoms with E-state index in [0.29, 0.717) is 16.1 Å². The summed E-state index contributed by atoms with van der Waals surface area (Å²) in [5, 5.41) is 4.89. The molecule has 0 aromatic heterocycles. The van der Waals surface area contributed by atoms with Crippen molar-refractivity contribution in [1.82, 2.24) is 10.2 Å². The quantitative estimate of drug-likeness (QED) is 0.744. The van der Waals surface area contributed by atoms with Crippen LogP contribution < -0.4 is 5.32 Å². The molecule has 1 aliphatic rings. The van der Waals surface area contributed by atoms with Crippen LogP contribution in [0.2, 0.25) is 10.0 Å². The Balaban J connectivity index is 1.77. The smallest absolute Gasteiger partial charge is 0.0595 e. The van der Waals surface area contributed by atoms with Gasteiger partial charge in [-0.1, -0.05) is 36.2 Å². The minimum atomic E-state index is 0.364. The Morgan fingerprint density at radius 1 is 1.20 bits per heavy atom. The Bertz CT molecular complexity index is 417. The van der Waals surface area contributed by atoms with E-state index in [1.807, 2.05) is 12.1 Å². The van der Waals surface area contributed by atoms with Crippen LogP contribution in [0.1, 0.15) is 44.2 Å². The van der Waals surface area contributed by atoms with Crippen LogP contribution in [0.5, 0.6) is 0 Å². The predicted molar refractivity (Wildman–Crippen MR) is 87.8 cm³/mol. The lowest BCUT2D eigenvalue weighted by atomic mass is 10.0. The number of likely N-dealkylation sites (tertiary alicyclic amines) is 1. The topological polar surface area (TPSA) is 15.3 Å². The molecule has 4 heteroatoms. The van der Waals surface area contributed by atoms with Crippen LogP contribution in [0.3, 0.4) is 0 Å². The summed E-state index contributed by atoms with van der Waals surface area (Å²) in [5.41, 5.74) is 1.23. The van der Waals surface area contributed by atoms with Gasteiger partial charge in [0.25, 0.3) is 0 Å². The molecule has 1 N–H and O–H groups in total. The second-order valence-corrected chi connectivity index (χ2v) is 6.31. The lowest BCUT2D eigenvalue weighted by Gasteiger charge is -2.19. The molecule has 1 atom stereocenters. The normalized spacial score (nSPS) is 17.6. The zero-order chi connectivity index (χ0) is 14.4. The van der Waals surface area contributed by atoms with E-state index in [0.717, 1.165) is 13.0 Å². The highest BCUT2D eigenvalue weighted by Gasteiger charge is 2.12. The average molecular weight is 315 g/mol. The van der Waals surface area contributed by atoms with E-state index in [9.17, 15) is 0 Å². The molecule has 1 aliphatic heterocycles. The van der Waals surface area contributed by atoms with Gasteiger partial charge in [-0.25, -0.2) is 0 Å². The van der Waals surface area contributed by atoms with Crippen molar-refractivity contribution < 1.29 is 0 Å². The first kappa shape index (κ1) is 16.1. The van der Waals surface area contributed by atoms with Gasteiger partial charge in [-0.2, -0.15) is 0 Å². The van der Waals surface area contributed by atoms with Crippen molar-refractivity contribution in [3.05, 3.63) is 33.8 Å². The Morgan fingerprint density at radius 3 is 2.60 bits per heavy atom. The number of halogens is 2. The molecule has 20 heavy (non-hydrogen) atoms. The minimum absolute atomic E-state index is 0.364. The van der Waals surface area contributed by atoms with E-state index in [2.05, 4.69) is 23.2 Å². The van der Waals surface area contributed by atoms with Gasteiger partial charge in [0.05, 0.1) is 10.0 Å². The van der Waals surface area contributed by atoms with Gasteiger partial charge in [0.2, 0.25) is 0 Å². The first-order chi connectivity index (χ1) is 9.70. The van der Waals surface area contributed by atoms with Crippen molar-refractivity contribution in [2.45, 2.75) is 38.6 Å². The fraction of sp³-hybridized carbons (Fsp3) is 0.625. The molecule has 0 radical (unpaired) electrons. The average Bonchev–Trinajstić information content (AvgIpc) is 2.95. The third-order valence-corrected chi connectivity index (χ3v) is 4.73. The lowest BCUT2D eigenvalue weighted by Crippen LogP contribution is -2.27. The van der Waals surface area contributed by atoms with Gasteiger partial charge >= 0.3 is 0 Å². The van der Waals surface area contributed by atoms with Gasteiger partial charge in [-0.3, -0.25) is 0 Å². The number of nitrogens with one attached hydrogen (secondary N) is 1. The van der Waals surface area contributed by atoms with Crippen molar-refractivity contribution in [3.8, 4) is 0 Å². The molecular weight excluding hydrogens is 291 g/mol. The van der Waals surface area contributed by atoms with Gasteiger partial charge in [0.1, 0.15) is 0 Å². The highest BCUT2D eigenvalue weighted by molar-refractivity contribution is 6.42. The first-order valence-electron chi connectivity index (χ1n) is 7.61. The Morgan fingerprint density at radius 2 is 1.95 bits per heavy atom. The van der Waals surface area contributed by atoms with Crippen molar-refractivity contribution >= 4 is 23.2 Å². The fourth-order valence-electron chi connectivity index (χ4n) is 2.81. The van der Waals surface area contributed by atoms with Crippen molar-refractivity contribution in [2.24, 2.45) is 0 Å². The maximum absolute atomic E-state index is 6.10. The van der Waals surface area contributed by atoms with Crippen LogP contribution in [-0.2, 0) is 0 Å². The molecule has 0 spiro atoms. The molecule has 1 unspecified atom stereocenters. The van der Waals surface area contributed by atoms with Crippen LogP contribution in [0.25, 0.3) is 0 Å². The summed E-state index contributed by atoms with van der Waals surface area (Å²) >= 11 is 12.1. The van der Waals surface area contributed by atoms with Crippen LogP contribution in [0.4, 0.5) is 0 Å². The molecule has 0 bridgehead atoms. The van der Waals surface area contributed by atoms with Gasteiger partial charge in [-0.05, 0) is 69.6 Å². The van der Waals surface area contributed by atoms with E-state index in [-0.39, 0.29) is 0 Å². The summed E-state index contributed by atoms with van der Waals surface area (Å²) in [4.78, 5) is 2.56. The molecule has 2 rings (SSSR count). The van der Waals surface area contributed by atoms with Gasteiger partial charge in [0.15, 0.2) is 0 Å². The predicted octanol–water partition coefficient (Wildman–Crippen LogP) is 4.52. The molecule has 1 aromatic carbocycles. The second-order valence-electron chi connectivity index (χ2n) is 5.49. The fourth-order valence-corrected chi connectivity index (χ4v) is 3.12. The molecule has 1 heterocycles. The Hall–Kier alpha value is -0.280. The summed E-state index contributed by atoms with van der Waals surface area (Å²) in [6.07, 6.45) is 5.00. The third kappa shape index (κ3) is 4.63. The van der Waals surface area contributed by atoms with Crippen molar-refractivity contribution in [2.75, 3.05) is 26.2 Å². The summed E-state index contributed by atoms with van der Waals surface area (Å²) in [6.45, 7) is 7.02. The zero-order valence-electron chi connectivity index (χ0n) is 12.2. The minimum Gasteiger partial charge on any atom is -0.310 e. The standard InChI is InChI=1S/C16H24Cl2N2/c1-2-16(13-6-7-14(17)15(18)12-13)19-8-5-11-20-9-3-4-10-20/h6-7,12,16,19H,2-5,8-11H2,1H3. The van der Waals surface area contributed by atoms with E-state index in [4.69, 9.17) is 23.2 Å². The lowest BCUT2D eigenvalue weighted by molar-refractivity contribution is 0.327. The number of nitrogens with zero attached hydrogens (tertiary/aromatic N) is 1. The first-order valence-corrected chi connectivity index (χ1v) is 8.37. The van der Waals surface area contributed by atoms with Crippen LogP contribution >= 0.6 is 23.2 Å². The summed E-state index contributed by atoms with van der Waals surface area (Å²) in [5.74, 6) is 0. The molecule has 1 aromatic rings. The Labute approximate surface area is 132 Å². The summed E-state index contributed by atoms with van der Waals surface area (Å²) in [7, 11) is 0. The van der Waals surface area contributed by atoms with Gasteiger partial charge in [0, 0.05) is 6.04 Å².